The molecule has 2 aliphatic heterocycles. The monoisotopic (exact) mass is 638 g/mol. The van der Waals surface area contributed by atoms with Crippen molar-refractivity contribution >= 4 is 27.9 Å². The molecule has 44 heavy (non-hydrogen) atoms. The van der Waals surface area contributed by atoms with Crippen LogP contribution in [0.3, 0.4) is 0 Å². The Balaban J connectivity index is 1.29. The van der Waals surface area contributed by atoms with Gasteiger partial charge in [-0.1, -0.05) is 37.3 Å². The minimum Gasteiger partial charge on any atom is -0.445 e. The molecule has 1 atom stereocenters. The lowest BCUT2D eigenvalue weighted by Crippen LogP contribution is -2.73. The molecule has 240 valence electrons. The van der Waals surface area contributed by atoms with Gasteiger partial charge < -0.3 is 20.3 Å². The molecule has 2 N–H and O–H groups in total. The maximum absolute atomic E-state index is 13.5. The molecule has 0 unspecified atom stereocenters. The number of hydrogen-bond donors (Lipinski definition) is 2. The Hall–Kier alpha value is -3.65. The Morgan fingerprint density at radius 1 is 1.05 bits per heavy atom. The van der Waals surface area contributed by atoms with Crippen LogP contribution in [0.4, 0.5) is 18.0 Å². The average Bonchev–Trinajstić information content (AvgIpc) is 3.01. The summed E-state index contributed by atoms with van der Waals surface area (Å²) < 4.78 is 71.4. The summed E-state index contributed by atoms with van der Waals surface area (Å²) in [7, 11) is -4.10. The zero-order valence-corrected chi connectivity index (χ0v) is 25.3. The number of halogens is 3. The smallest absolute Gasteiger partial charge is 0.416 e. The number of hydrogen-bond acceptors (Lipinski definition) is 6. The molecule has 0 saturated carbocycles. The summed E-state index contributed by atoms with van der Waals surface area (Å²) in [4.78, 5) is 40.3. The highest BCUT2D eigenvalue weighted by atomic mass is 32.2. The number of rotatable bonds is 11. The fourth-order valence-electron chi connectivity index (χ4n) is 5.62. The average molecular weight is 639 g/mol. The van der Waals surface area contributed by atoms with Crippen LogP contribution in [0.1, 0.15) is 56.6 Å². The Kier molecular flexibility index (Phi) is 10.6. The zero-order chi connectivity index (χ0) is 32.0. The molecule has 2 aliphatic rings. The van der Waals surface area contributed by atoms with Crippen LogP contribution in [0.15, 0.2) is 59.5 Å². The van der Waals surface area contributed by atoms with Crippen molar-refractivity contribution in [3.63, 3.8) is 0 Å². The number of sulfonamides is 1. The third-order valence-electron chi connectivity index (χ3n) is 8.03. The van der Waals surface area contributed by atoms with E-state index in [1.54, 1.807) is 4.90 Å². The summed E-state index contributed by atoms with van der Waals surface area (Å²) in [5, 5.41) is 5.52. The van der Waals surface area contributed by atoms with Crippen molar-refractivity contribution in [3.8, 4) is 0 Å². The third-order valence-corrected chi connectivity index (χ3v) is 9.94. The van der Waals surface area contributed by atoms with Gasteiger partial charge in [0.1, 0.15) is 18.2 Å². The van der Waals surface area contributed by atoms with Crippen molar-refractivity contribution in [3.05, 3.63) is 65.7 Å². The summed E-state index contributed by atoms with van der Waals surface area (Å²) in [5.74, 6) is -0.578. The van der Waals surface area contributed by atoms with Gasteiger partial charge in [0.05, 0.1) is 10.5 Å². The first-order valence-electron chi connectivity index (χ1n) is 14.6. The summed E-state index contributed by atoms with van der Waals surface area (Å²) >= 11 is 0. The van der Waals surface area contributed by atoms with Gasteiger partial charge in [0.25, 0.3) is 0 Å². The second-order valence-corrected chi connectivity index (χ2v) is 12.9. The van der Waals surface area contributed by atoms with Gasteiger partial charge in [-0.05, 0) is 68.4 Å². The summed E-state index contributed by atoms with van der Waals surface area (Å²) in [5.41, 5.74) is -1.29. The minimum absolute atomic E-state index is 0.0617. The van der Waals surface area contributed by atoms with Gasteiger partial charge in [0, 0.05) is 26.2 Å². The molecule has 2 aromatic rings. The predicted octanol–water partition coefficient (Wildman–Crippen LogP) is 4.06. The van der Waals surface area contributed by atoms with Gasteiger partial charge in [-0.15, -0.1) is 0 Å². The second-order valence-electron chi connectivity index (χ2n) is 11.0. The number of alkyl carbamates (subject to hydrolysis) is 1. The van der Waals surface area contributed by atoms with Crippen LogP contribution in [-0.4, -0.2) is 73.3 Å². The normalized spacial score (nSPS) is 19.1. The quantitative estimate of drug-likeness (QED) is 0.358. The summed E-state index contributed by atoms with van der Waals surface area (Å²) in [6.45, 7) is 2.57. The van der Waals surface area contributed by atoms with Crippen molar-refractivity contribution in [1.82, 2.24) is 19.8 Å². The van der Waals surface area contributed by atoms with E-state index >= 15 is 0 Å². The molecular weight excluding hydrogens is 601 g/mol. The lowest BCUT2D eigenvalue weighted by Gasteiger charge is -2.51. The molecule has 4 rings (SSSR count). The first-order valence-corrected chi connectivity index (χ1v) is 16.1. The van der Waals surface area contributed by atoms with Crippen molar-refractivity contribution in [1.29, 1.82) is 0 Å². The van der Waals surface area contributed by atoms with Gasteiger partial charge in [-0.25, -0.2) is 13.2 Å². The molecule has 0 radical (unpaired) electrons. The number of amides is 3. The van der Waals surface area contributed by atoms with Gasteiger partial charge in [-0.3, -0.25) is 9.59 Å². The van der Waals surface area contributed by atoms with Crippen molar-refractivity contribution in [2.45, 2.75) is 74.7 Å². The maximum atomic E-state index is 13.5. The van der Waals surface area contributed by atoms with E-state index in [-0.39, 0.29) is 49.2 Å². The topological polar surface area (TPSA) is 125 Å². The van der Waals surface area contributed by atoms with Crippen molar-refractivity contribution in [2.24, 2.45) is 0 Å². The highest BCUT2D eigenvalue weighted by molar-refractivity contribution is 7.89. The molecule has 0 aromatic heterocycles. The van der Waals surface area contributed by atoms with Crippen LogP contribution in [0, 0.1) is 0 Å². The molecule has 2 aromatic carbocycles. The van der Waals surface area contributed by atoms with E-state index in [0.717, 1.165) is 34.1 Å². The van der Waals surface area contributed by atoms with Crippen molar-refractivity contribution < 1.29 is 40.7 Å². The number of benzene rings is 2. The van der Waals surface area contributed by atoms with Crippen LogP contribution in [0.5, 0.6) is 0 Å². The molecule has 14 heteroatoms. The zero-order valence-electron chi connectivity index (χ0n) is 24.4. The second kappa shape index (κ2) is 14.0. The molecule has 0 bridgehead atoms. The highest BCUT2D eigenvalue weighted by Crippen LogP contribution is 2.36. The molecule has 1 spiro atoms. The molecule has 3 amide bonds. The lowest BCUT2D eigenvalue weighted by molar-refractivity contribution is -0.160. The Morgan fingerprint density at radius 3 is 2.32 bits per heavy atom. The van der Waals surface area contributed by atoms with Gasteiger partial charge in [-0.2, -0.15) is 17.5 Å². The molecule has 2 fully saturated rings. The van der Waals surface area contributed by atoms with Gasteiger partial charge in [0.15, 0.2) is 0 Å². The van der Waals surface area contributed by atoms with E-state index in [4.69, 9.17) is 4.74 Å². The van der Waals surface area contributed by atoms with E-state index < -0.39 is 39.4 Å². The number of carbonyl (C=O) groups is 3. The predicted molar refractivity (Wildman–Crippen MR) is 155 cm³/mol. The SMILES string of the molecule is CCCN1C(=O)[C@H](CCCCNC(=O)OCc2ccccc2)NC(=O)C12CCN(S(=O)(=O)c1ccc(C(F)(F)F)cc1)CC2. The van der Waals surface area contributed by atoms with E-state index in [2.05, 4.69) is 10.6 Å². The molecule has 10 nitrogen and oxygen atoms in total. The number of piperidine rings is 1. The van der Waals surface area contributed by atoms with E-state index in [9.17, 15) is 36.0 Å². The molecule has 2 saturated heterocycles. The fourth-order valence-corrected chi connectivity index (χ4v) is 7.06. The van der Waals surface area contributed by atoms with Crippen LogP contribution in [0.25, 0.3) is 0 Å². The lowest BCUT2D eigenvalue weighted by atomic mass is 9.81. The number of nitrogens with zero attached hydrogens (tertiary/aromatic N) is 2. The van der Waals surface area contributed by atoms with E-state index in [0.29, 0.717) is 38.8 Å². The Morgan fingerprint density at radius 2 is 1.70 bits per heavy atom. The molecular formula is C30H37F3N4O6S. The third kappa shape index (κ3) is 7.52. The molecule has 2 heterocycles. The highest BCUT2D eigenvalue weighted by Gasteiger charge is 2.54. The number of alkyl halides is 3. The van der Waals surface area contributed by atoms with Gasteiger partial charge >= 0.3 is 12.3 Å². The van der Waals surface area contributed by atoms with Crippen LogP contribution >= 0.6 is 0 Å². The van der Waals surface area contributed by atoms with Gasteiger partial charge in [0.2, 0.25) is 21.8 Å². The number of unbranched alkanes of at least 4 members (excludes halogenated alkanes) is 1. The van der Waals surface area contributed by atoms with Crippen LogP contribution in [0.2, 0.25) is 0 Å². The van der Waals surface area contributed by atoms with E-state index in [1.807, 2.05) is 37.3 Å². The number of carbonyl (C=O) groups excluding carboxylic acids is 3. The molecule has 0 aliphatic carbocycles. The summed E-state index contributed by atoms with van der Waals surface area (Å²) in [6.07, 6.45) is -2.92. The standard InChI is InChI=1S/C30H37F3N4O6S/c1-2-18-37-26(38)25(10-6-7-17-34-28(40)43-21-22-8-4-3-5-9-22)35-27(39)29(37)15-19-36(20-16-29)44(41,42)24-13-11-23(12-14-24)30(31,32)33/h3-5,8-9,11-14,25H,2,6-7,10,15-21H2,1H3,(H,34,40)(H,35,39)/t25-/m0/s1. The van der Waals surface area contributed by atoms with Crippen molar-refractivity contribution in [2.75, 3.05) is 26.2 Å². The minimum atomic E-state index is -4.59. The number of piperazine rings is 1. The first-order chi connectivity index (χ1) is 20.9. The maximum Gasteiger partial charge on any atom is 0.416 e. The number of ether oxygens (including phenoxy) is 1. The Bertz CT molecular complexity index is 1410. The van der Waals surface area contributed by atoms with Crippen LogP contribution in [-0.2, 0) is 37.1 Å². The largest absolute Gasteiger partial charge is 0.445 e. The number of nitrogens with one attached hydrogen (secondary N) is 2. The Labute approximate surface area is 255 Å². The first kappa shape index (κ1) is 33.2. The van der Waals surface area contributed by atoms with Crippen LogP contribution < -0.4 is 10.6 Å². The summed E-state index contributed by atoms with van der Waals surface area (Å²) in [6, 6.07) is 11.8. The van der Waals surface area contributed by atoms with E-state index in [1.165, 1.54) is 0 Å². The fraction of sp³-hybridized carbons (Fsp3) is 0.500.